The number of hydrogen-bond acceptors (Lipinski definition) is 3. The lowest BCUT2D eigenvalue weighted by Crippen LogP contribution is -2.39. The molecular formula is C17H21Cl2F3IN5O. The van der Waals surface area contributed by atoms with E-state index in [2.05, 4.69) is 20.7 Å². The van der Waals surface area contributed by atoms with E-state index in [4.69, 9.17) is 23.2 Å². The number of alkyl halides is 3. The van der Waals surface area contributed by atoms with Crippen molar-refractivity contribution in [2.75, 3.05) is 13.1 Å². The zero-order valence-electron chi connectivity index (χ0n) is 15.6. The summed E-state index contributed by atoms with van der Waals surface area (Å²) in [5.74, 6) is 0.256. The van der Waals surface area contributed by atoms with E-state index in [1.165, 1.54) is 13.2 Å². The van der Waals surface area contributed by atoms with Gasteiger partial charge in [0.25, 0.3) is 0 Å². The Bertz CT molecular complexity index is 825. The van der Waals surface area contributed by atoms with Crippen molar-refractivity contribution in [3.8, 4) is 0 Å². The molecule has 0 aliphatic carbocycles. The third kappa shape index (κ3) is 7.83. The molecule has 1 aromatic heterocycles. The van der Waals surface area contributed by atoms with E-state index in [1.54, 1.807) is 18.2 Å². The van der Waals surface area contributed by atoms with Crippen LogP contribution in [0.5, 0.6) is 0 Å². The molecule has 2 aromatic rings. The smallest absolute Gasteiger partial charge is 0.387 e. The number of aromatic nitrogens is 2. The number of guanidine groups is 1. The number of halogens is 6. The average Bonchev–Trinajstić information content (AvgIpc) is 2.97. The maximum Gasteiger partial charge on any atom is 0.435 e. The summed E-state index contributed by atoms with van der Waals surface area (Å²) in [6, 6.07) is 4.70. The van der Waals surface area contributed by atoms with Crippen LogP contribution in [0, 0.1) is 0 Å². The van der Waals surface area contributed by atoms with Gasteiger partial charge in [-0.15, -0.1) is 24.0 Å². The van der Waals surface area contributed by atoms with Crippen LogP contribution in [0.25, 0.3) is 0 Å². The molecule has 162 valence electrons. The Morgan fingerprint density at radius 1 is 1.24 bits per heavy atom. The third-order valence-electron chi connectivity index (χ3n) is 3.66. The fraction of sp³-hybridized carbons (Fsp3) is 0.412. The van der Waals surface area contributed by atoms with Gasteiger partial charge in [-0.05, 0) is 30.7 Å². The number of nitrogens with one attached hydrogen (secondary N) is 2. The van der Waals surface area contributed by atoms with Gasteiger partial charge in [0.2, 0.25) is 0 Å². The number of aryl methyl sites for hydroxylation is 1. The minimum atomic E-state index is -4.56. The van der Waals surface area contributed by atoms with Crippen molar-refractivity contribution in [3.63, 3.8) is 0 Å². The molecule has 2 rings (SSSR count). The summed E-state index contributed by atoms with van der Waals surface area (Å²) in [4.78, 5) is 4.15. The second-order valence-corrected chi connectivity index (χ2v) is 6.84. The van der Waals surface area contributed by atoms with Gasteiger partial charge in [0.1, 0.15) is 0 Å². The van der Waals surface area contributed by atoms with Crippen molar-refractivity contribution in [2.45, 2.75) is 25.7 Å². The Balaban J connectivity index is 0.00000420. The largest absolute Gasteiger partial charge is 0.435 e. The van der Waals surface area contributed by atoms with Gasteiger partial charge in [0.15, 0.2) is 11.7 Å². The highest BCUT2D eigenvalue weighted by Gasteiger charge is 2.36. The molecular weight excluding hydrogens is 545 g/mol. The molecule has 29 heavy (non-hydrogen) atoms. The molecule has 0 radical (unpaired) electrons. The molecule has 1 heterocycles. The van der Waals surface area contributed by atoms with E-state index >= 15 is 0 Å². The van der Waals surface area contributed by atoms with Crippen LogP contribution in [0.3, 0.4) is 0 Å². The molecule has 6 nitrogen and oxygen atoms in total. The van der Waals surface area contributed by atoms with Crippen molar-refractivity contribution >= 4 is 53.1 Å². The predicted octanol–water partition coefficient (Wildman–Crippen LogP) is 4.15. The van der Waals surface area contributed by atoms with E-state index in [9.17, 15) is 18.3 Å². The van der Waals surface area contributed by atoms with Gasteiger partial charge in [0, 0.05) is 41.9 Å². The van der Waals surface area contributed by atoms with Crippen molar-refractivity contribution in [1.82, 2.24) is 20.4 Å². The van der Waals surface area contributed by atoms with Crippen LogP contribution in [0.15, 0.2) is 29.4 Å². The number of hydrogen-bond donors (Lipinski definition) is 3. The third-order valence-corrected chi connectivity index (χ3v) is 4.09. The first-order valence-corrected chi connectivity index (χ1v) is 9.11. The summed E-state index contributed by atoms with van der Waals surface area (Å²) in [5.41, 5.74) is -0.509. The van der Waals surface area contributed by atoms with Gasteiger partial charge in [-0.25, -0.2) is 4.99 Å². The number of aliphatic imine (C=N–C) groups is 1. The predicted molar refractivity (Wildman–Crippen MR) is 118 cm³/mol. The van der Waals surface area contributed by atoms with Crippen molar-refractivity contribution in [3.05, 3.63) is 51.3 Å². The fourth-order valence-electron chi connectivity index (χ4n) is 2.48. The summed E-state index contributed by atoms with van der Waals surface area (Å²) in [6.07, 6.45) is -4.22. The lowest BCUT2D eigenvalue weighted by molar-refractivity contribution is -0.142. The van der Waals surface area contributed by atoms with E-state index in [-0.39, 0.29) is 48.6 Å². The van der Waals surface area contributed by atoms with Crippen LogP contribution in [0.4, 0.5) is 13.2 Å². The maximum absolute atomic E-state index is 13.0. The zero-order valence-corrected chi connectivity index (χ0v) is 19.4. The fourth-order valence-corrected chi connectivity index (χ4v) is 3.02. The number of aliphatic hydroxyl groups excluding tert-OH is 1. The molecule has 3 N–H and O–H groups in total. The quantitative estimate of drug-likeness (QED) is 0.279. The Morgan fingerprint density at radius 3 is 2.41 bits per heavy atom. The SMILES string of the molecule is CCNC(=NCc1cn(C)nc1C(F)(F)F)NCC(O)c1cc(Cl)cc(Cl)c1.I. The van der Waals surface area contributed by atoms with E-state index < -0.39 is 18.0 Å². The van der Waals surface area contributed by atoms with E-state index in [1.807, 2.05) is 6.92 Å². The molecule has 1 unspecified atom stereocenters. The second kappa shape index (κ2) is 11.2. The van der Waals surface area contributed by atoms with Crippen molar-refractivity contribution in [2.24, 2.45) is 12.0 Å². The number of rotatable bonds is 6. The molecule has 0 fully saturated rings. The highest BCUT2D eigenvalue weighted by molar-refractivity contribution is 14.0. The van der Waals surface area contributed by atoms with E-state index in [0.29, 0.717) is 22.2 Å². The molecule has 0 saturated carbocycles. The van der Waals surface area contributed by atoms with Gasteiger partial charge in [0.05, 0.1) is 12.6 Å². The summed E-state index contributed by atoms with van der Waals surface area (Å²) >= 11 is 11.9. The van der Waals surface area contributed by atoms with E-state index in [0.717, 1.165) is 4.68 Å². The number of aliphatic hydroxyl groups is 1. The Morgan fingerprint density at radius 2 is 1.86 bits per heavy atom. The lowest BCUT2D eigenvalue weighted by atomic mass is 10.1. The standard InChI is InChI=1S/C17H20Cl2F3N5O.HI/c1-3-23-16(24-7-11-9-27(2)26-15(11)17(20,21)22)25-8-14(28)10-4-12(18)6-13(19)5-10;/h4-6,9,14,28H,3,7-8H2,1-2H3,(H2,23,24,25);1H. The van der Waals surface area contributed by atoms with Gasteiger partial charge in [-0.3, -0.25) is 4.68 Å². The molecule has 1 aromatic carbocycles. The Labute approximate surface area is 193 Å². The summed E-state index contributed by atoms with van der Waals surface area (Å²) in [6.45, 7) is 2.14. The number of nitrogens with zero attached hydrogens (tertiary/aromatic N) is 3. The van der Waals surface area contributed by atoms with Crippen LogP contribution < -0.4 is 10.6 Å². The first-order chi connectivity index (χ1) is 13.1. The maximum atomic E-state index is 13.0. The van der Waals surface area contributed by atoms with Crippen molar-refractivity contribution < 1.29 is 18.3 Å². The van der Waals surface area contributed by atoms with Crippen LogP contribution in [-0.2, 0) is 19.8 Å². The summed E-state index contributed by atoms with van der Waals surface area (Å²) in [5, 5.41) is 20.3. The minimum absolute atomic E-state index is 0. The topological polar surface area (TPSA) is 74.5 Å². The van der Waals surface area contributed by atoms with Gasteiger partial charge in [-0.2, -0.15) is 18.3 Å². The zero-order chi connectivity index (χ0) is 20.9. The molecule has 0 aliphatic rings. The monoisotopic (exact) mass is 565 g/mol. The highest BCUT2D eigenvalue weighted by Crippen LogP contribution is 2.30. The first kappa shape index (κ1) is 25.8. The molecule has 0 amide bonds. The van der Waals surface area contributed by atoms with Gasteiger partial charge >= 0.3 is 6.18 Å². The Hall–Kier alpha value is -1.24. The van der Waals surface area contributed by atoms with Gasteiger partial charge < -0.3 is 15.7 Å². The summed E-state index contributed by atoms with van der Waals surface area (Å²) < 4.78 is 40.2. The minimum Gasteiger partial charge on any atom is -0.387 e. The lowest BCUT2D eigenvalue weighted by Gasteiger charge is -2.16. The van der Waals surface area contributed by atoms with Crippen LogP contribution >= 0.6 is 47.2 Å². The molecule has 0 bridgehead atoms. The highest BCUT2D eigenvalue weighted by atomic mass is 127. The van der Waals surface area contributed by atoms with Crippen LogP contribution in [-0.4, -0.2) is 33.9 Å². The molecule has 0 saturated heterocycles. The van der Waals surface area contributed by atoms with Gasteiger partial charge in [-0.1, -0.05) is 23.2 Å². The Kier molecular flexibility index (Phi) is 9.99. The van der Waals surface area contributed by atoms with Crippen LogP contribution in [0.2, 0.25) is 10.0 Å². The molecule has 0 aliphatic heterocycles. The average molecular weight is 566 g/mol. The number of benzene rings is 1. The molecule has 0 spiro atoms. The van der Waals surface area contributed by atoms with Crippen molar-refractivity contribution in [1.29, 1.82) is 0 Å². The molecule has 12 heteroatoms. The normalized spacial score (nSPS) is 13.0. The second-order valence-electron chi connectivity index (χ2n) is 5.97. The first-order valence-electron chi connectivity index (χ1n) is 8.36. The molecule has 1 atom stereocenters. The summed E-state index contributed by atoms with van der Waals surface area (Å²) in [7, 11) is 1.42. The van der Waals surface area contributed by atoms with Crippen LogP contribution in [0.1, 0.15) is 29.8 Å².